The highest BCUT2D eigenvalue weighted by Crippen LogP contribution is 2.31. The van der Waals surface area contributed by atoms with Crippen molar-refractivity contribution in [2.45, 2.75) is 12.5 Å². The van der Waals surface area contributed by atoms with Crippen LogP contribution >= 0.6 is 11.6 Å². The molecule has 0 aliphatic carbocycles. The zero-order valence-electron chi connectivity index (χ0n) is 15.4. The molecule has 3 rings (SSSR count). The van der Waals surface area contributed by atoms with Crippen LogP contribution in [0.15, 0.2) is 42.5 Å². The SMILES string of the molecule is COc1ccc(Cl)cc1NC(=O)CCN(C)CC1COc2ccccc2O1. The summed E-state index contributed by atoms with van der Waals surface area (Å²) >= 11 is 5.99. The van der Waals surface area contributed by atoms with Crippen LogP contribution in [0.25, 0.3) is 0 Å². The normalized spacial score (nSPS) is 15.5. The van der Waals surface area contributed by atoms with Gasteiger partial charge in [-0.25, -0.2) is 0 Å². The zero-order valence-corrected chi connectivity index (χ0v) is 16.2. The number of hydrogen-bond donors (Lipinski definition) is 1. The van der Waals surface area contributed by atoms with Gasteiger partial charge in [-0.3, -0.25) is 4.79 Å². The van der Waals surface area contributed by atoms with Gasteiger partial charge in [-0.15, -0.1) is 0 Å². The van der Waals surface area contributed by atoms with E-state index in [0.717, 1.165) is 11.5 Å². The predicted molar refractivity (Wildman–Crippen MR) is 105 cm³/mol. The number of carbonyl (C=O) groups is 1. The lowest BCUT2D eigenvalue weighted by Crippen LogP contribution is -2.40. The number of methoxy groups -OCH3 is 1. The number of likely N-dealkylation sites (N-methyl/N-ethyl adjacent to an activating group) is 1. The largest absolute Gasteiger partial charge is 0.495 e. The van der Waals surface area contributed by atoms with E-state index in [1.165, 1.54) is 0 Å². The molecule has 0 bridgehead atoms. The number of halogens is 1. The summed E-state index contributed by atoms with van der Waals surface area (Å²) in [4.78, 5) is 14.3. The Labute approximate surface area is 164 Å². The van der Waals surface area contributed by atoms with Crippen LogP contribution in [0.5, 0.6) is 17.2 Å². The number of nitrogens with zero attached hydrogens (tertiary/aromatic N) is 1. The van der Waals surface area contributed by atoms with Crippen molar-refractivity contribution in [3.05, 3.63) is 47.5 Å². The minimum Gasteiger partial charge on any atom is -0.495 e. The Kier molecular flexibility index (Phi) is 6.42. The summed E-state index contributed by atoms with van der Waals surface area (Å²) in [5, 5.41) is 3.38. The molecule has 0 fully saturated rings. The van der Waals surface area contributed by atoms with Crippen molar-refractivity contribution >= 4 is 23.2 Å². The van der Waals surface area contributed by atoms with Crippen molar-refractivity contribution in [3.63, 3.8) is 0 Å². The summed E-state index contributed by atoms with van der Waals surface area (Å²) in [6.45, 7) is 1.76. The molecule has 6 nitrogen and oxygen atoms in total. The van der Waals surface area contributed by atoms with Gasteiger partial charge in [0.15, 0.2) is 11.5 Å². The Morgan fingerprint density at radius 1 is 1.30 bits per heavy atom. The number of carbonyl (C=O) groups excluding carboxylic acids is 1. The van der Waals surface area contributed by atoms with E-state index in [1.807, 2.05) is 31.3 Å². The first kappa shape index (κ1) is 19.3. The molecule has 1 aliphatic rings. The molecule has 1 amide bonds. The molecule has 2 aromatic rings. The number of rotatable bonds is 7. The molecule has 0 saturated heterocycles. The lowest BCUT2D eigenvalue weighted by molar-refractivity contribution is -0.116. The average Bonchev–Trinajstić information content (AvgIpc) is 2.66. The molecule has 0 aromatic heterocycles. The van der Waals surface area contributed by atoms with E-state index < -0.39 is 0 Å². The van der Waals surface area contributed by atoms with Gasteiger partial charge in [0.25, 0.3) is 0 Å². The van der Waals surface area contributed by atoms with Crippen molar-refractivity contribution in [2.75, 3.05) is 39.2 Å². The molecule has 27 heavy (non-hydrogen) atoms. The third kappa shape index (κ3) is 5.28. The molecule has 1 aliphatic heterocycles. The van der Waals surface area contributed by atoms with E-state index in [2.05, 4.69) is 10.2 Å². The molecular weight excluding hydrogens is 368 g/mol. The average molecular weight is 391 g/mol. The lowest BCUT2D eigenvalue weighted by atomic mass is 10.2. The number of benzene rings is 2. The second kappa shape index (κ2) is 8.97. The van der Waals surface area contributed by atoms with Crippen molar-refractivity contribution in [1.82, 2.24) is 4.90 Å². The molecule has 0 saturated carbocycles. The van der Waals surface area contributed by atoms with Crippen LogP contribution in [0.4, 0.5) is 5.69 Å². The number of hydrogen-bond acceptors (Lipinski definition) is 5. The van der Waals surface area contributed by atoms with Gasteiger partial charge in [0.05, 0.1) is 12.8 Å². The van der Waals surface area contributed by atoms with Gasteiger partial charge in [0.2, 0.25) is 5.91 Å². The summed E-state index contributed by atoms with van der Waals surface area (Å²) in [5.41, 5.74) is 0.568. The molecule has 144 valence electrons. The molecule has 7 heteroatoms. The van der Waals surface area contributed by atoms with Gasteiger partial charge >= 0.3 is 0 Å². The maximum atomic E-state index is 12.3. The molecular formula is C20H23ClN2O4. The minimum atomic E-state index is -0.103. The minimum absolute atomic E-state index is 0.0685. The van der Waals surface area contributed by atoms with Crippen molar-refractivity contribution in [3.8, 4) is 17.2 Å². The van der Waals surface area contributed by atoms with Crippen LogP contribution in [-0.4, -0.2) is 50.8 Å². The summed E-state index contributed by atoms with van der Waals surface area (Å²) < 4.78 is 16.9. The van der Waals surface area contributed by atoms with Gasteiger partial charge in [0, 0.05) is 24.5 Å². The second-order valence-corrected chi connectivity index (χ2v) is 6.84. The first-order chi connectivity index (χ1) is 13.0. The zero-order chi connectivity index (χ0) is 19.2. The van der Waals surface area contributed by atoms with Gasteiger partial charge in [-0.05, 0) is 37.4 Å². The predicted octanol–water partition coefficient (Wildman–Crippen LogP) is 3.45. The van der Waals surface area contributed by atoms with Crippen LogP contribution in [-0.2, 0) is 4.79 Å². The number of para-hydroxylation sites is 2. The van der Waals surface area contributed by atoms with Crippen LogP contribution in [0, 0.1) is 0 Å². The van der Waals surface area contributed by atoms with Crippen molar-refractivity contribution in [2.24, 2.45) is 0 Å². The molecule has 1 atom stereocenters. The molecule has 1 unspecified atom stereocenters. The van der Waals surface area contributed by atoms with Crippen LogP contribution in [0.2, 0.25) is 5.02 Å². The van der Waals surface area contributed by atoms with E-state index in [9.17, 15) is 4.79 Å². The Morgan fingerprint density at radius 2 is 2.07 bits per heavy atom. The van der Waals surface area contributed by atoms with Gasteiger partial charge in [-0.1, -0.05) is 23.7 Å². The van der Waals surface area contributed by atoms with Gasteiger partial charge in [-0.2, -0.15) is 0 Å². The highest BCUT2D eigenvalue weighted by molar-refractivity contribution is 6.31. The Hall–Kier alpha value is -2.44. The molecule has 2 aromatic carbocycles. The Morgan fingerprint density at radius 3 is 2.85 bits per heavy atom. The molecule has 1 N–H and O–H groups in total. The van der Waals surface area contributed by atoms with E-state index in [0.29, 0.717) is 42.6 Å². The lowest BCUT2D eigenvalue weighted by Gasteiger charge is -2.29. The standard InChI is InChI=1S/C20H23ClN2O4/c1-23(12-15-13-26-18-5-3-4-6-19(18)27-15)10-9-20(24)22-16-11-14(21)7-8-17(16)25-2/h3-8,11,15H,9-10,12-13H2,1-2H3,(H,22,24). The third-order valence-electron chi connectivity index (χ3n) is 4.24. The van der Waals surface area contributed by atoms with Gasteiger partial charge < -0.3 is 24.4 Å². The van der Waals surface area contributed by atoms with E-state index in [1.54, 1.807) is 25.3 Å². The monoisotopic (exact) mass is 390 g/mol. The third-order valence-corrected chi connectivity index (χ3v) is 4.47. The summed E-state index contributed by atoms with van der Waals surface area (Å²) in [5.74, 6) is 2.00. The quantitative estimate of drug-likeness (QED) is 0.784. The van der Waals surface area contributed by atoms with Crippen molar-refractivity contribution < 1.29 is 19.0 Å². The highest BCUT2D eigenvalue weighted by atomic mass is 35.5. The van der Waals surface area contributed by atoms with Crippen LogP contribution < -0.4 is 19.5 Å². The molecule has 0 radical (unpaired) electrons. The van der Waals surface area contributed by atoms with E-state index >= 15 is 0 Å². The number of anilines is 1. The fraction of sp³-hybridized carbons (Fsp3) is 0.350. The van der Waals surface area contributed by atoms with E-state index in [4.69, 9.17) is 25.8 Å². The fourth-order valence-electron chi connectivity index (χ4n) is 2.87. The number of ether oxygens (including phenoxy) is 3. The Balaban J connectivity index is 1.46. The number of fused-ring (bicyclic) bond motifs is 1. The summed E-state index contributed by atoms with van der Waals surface area (Å²) in [6.07, 6.45) is 0.275. The van der Waals surface area contributed by atoms with Crippen LogP contribution in [0.1, 0.15) is 6.42 Å². The maximum Gasteiger partial charge on any atom is 0.225 e. The Bertz CT molecular complexity index is 799. The van der Waals surface area contributed by atoms with Gasteiger partial charge in [0.1, 0.15) is 18.5 Å². The second-order valence-electron chi connectivity index (χ2n) is 6.40. The van der Waals surface area contributed by atoms with E-state index in [-0.39, 0.29) is 12.0 Å². The fourth-order valence-corrected chi connectivity index (χ4v) is 3.05. The highest BCUT2D eigenvalue weighted by Gasteiger charge is 2.22. The topological polar surface area (TPSA) is 60.0 Å². The van der Waals surface area contributed by atoms with Crippen LogP contribution in [0.3, 0.4) is 0 Å². The smallest absolute Gasteiger partial charge is 0.225 e. The molecule has 1 heterocycles. The summed E-state index contributed by atoms with van der Waals surface area (Å²) in [7, 11) is 3.51. The first-order valence-electron chi connectivity index (χ1n) is 8.75. The summed E-state index contributed by atoms with van der Waals surface area (Å²) in [6, 6.07) is 12.7. The van der Waals surface area contributed by atoms with Crippen molar-refractivity contribution in [1.29, 1.82) is 0 Å². The number of amides is 1. The molecule has 0 spiro atoms. The maximum absolute atomic E-state index is 12.3. The number of nitrogens with one attached hydrogen (secondary N) is 1. The first-order valence-corrected chi connectivity index (χ1v) is 9.13.